The molecule has 4 rings (SSSR count). The molecule has 0 saturated carbocycles. The molecule has 102 valence electrons. The Balaban J connectivity index is 1.95. The van der Waals surface area contributed by atoms with Crippen molar-refractivity contribution in [1.82, 2.24) is 0 Å². The third kappa shape index (κ3) is 1.52. The van der Waals surface area contributed by atoms with Crippen molar-refractivity contribution in [2.45, 2.75) is 25.0 Å². The number of hydrogen-bond acceptors (Lipinski definition) is 2. The third-order valence-electron chi connectivity index (χ3n) is 4.54. The number of fused-ring (bicyclic) bond motifs is 3. The molecule has 0 amide bonds. The van der Waals surface area contributed by atoms with Crippen molar-refractivity contribution in [2.24, 2.45) is 0 Å². The van der Waals surface area contributed by atoms with Gasteiger partial charge in [0.1, 0.15) is 0 Å². The van der Waals surface area contributed by atoms with Gasteiger partial charge in [0, 0.05) is 0 Å². The lowest BCUT2D eigenvalue weighted by Crippen LogP contribution is -2.36. The minimum absolute atomic E-state index is 0.183. The van der Waals surface area contributed by atoms with Crippen LogP contribution in [0.5, 0.6) is 0 Å². The van der Waals surface area contributed by atoms with E-state index in [2.05, 4.69) is 55.5 Å². The second-order valence-corrected chi connectivity index (χ2v) is 5.47. The average Bonchev–Trinajstić information content (AvgIpc) is 3.10. The van der Waals surface area contributed by atoms with E-state index in [0.29, 0.717) is 13.2 Å². The van der Waals surface area contributed by atoms with Gasteiger partial charge in [0.2, 0.25) is 0 Å². The summed E-state index contributed by atoms with van der Waals surface area (Å²) in [5, 5.41) is 0. The van der Waals surface area contributed by atoms with Crippen LogP contribution in [0.2, 0.25) is 0 Å². The highest BCUT2D eigenvalue weighted by Gasteiger charge is 2.48. The Morgan fingerprint density at radius 1 is 0.900 bits per heavy atom. The molecule has 1 saturated heterocycles. The lowest BCUT2D eigenvalue weighted by molar-refractivity contribution is -0.168. The highest BCUT2D eigenvalue weighted by molar-refractivity contribution is 5.79. The molecule has 0 unspecified atom stereocenters. The summed E-state index contributed by atoms with van der Waals surface area (Å²) in [6, 6.07) is 17.2. The summed E-state index contributed by atoms with van der Waals surface area (Å²) >= 11 is 0. The van der Waals surface area contributed by atoms with Crippen molar-refractivity contribution in [3.63, 3.8) is 0 Å². The standard InChI is InChI=1S/C18H18O2/c1-2-18(19-11-12-20-18)17-15-9-5-3-7-13(15)14-8-4-6-10-16(14)17/h3-10,17H,2,11-12H2,1H3. The van der Waals surface area contributed by atoms with Crippen LogP contribution in [0.25, 0.3) is 11.1 Å². The molecule has 0 spiro atoms. The monoisotopic (exact) mass is 266 g/mol. The van der Waals surface area contributed by atoms with Crippen LogP contribution in [0.3, 0.4) is 0 Å². The van der Waals surface area contributed by atoms with Crippen molar-refractivity contribution < 1.29 is 9.47 Å². The van der Waals surface area contributed by atoms with Gasteiger partial charge in [0.05, 0.1) is 19.1 Å². The van der Waals surface area contributed by atoms with Crippen LogP contribution in [0.4, 0.5) is 0 Å². The molecule has 1 aliphatic carbocycles. The minimum Gasteiger partial charge on any atom is -0.347 e. The van der Waals surface area contributed by atoms with Gasteiger partial charge in [-0.2, -0.15) is 0 Å². The molecule has 0 atom stereocenters. The Morgan fingerprint density at radius 3 is 1.90 bits per heavy atom. The number of rotatable bonds is 2. The van der Waals surface area contributed by atoms with Gasteiger partial charge < -0.3 is 9.47 Å². The molecule has 0 radical (unpaired) electrons. The van der Waals surface area contributed by atoms with Crippen LogP contribution in [-0.2, 0) is 9.47 Å². The maximum Gasteiger partial charge on any atom is 0.179 e. The summed E-state index contributed by atoms with van der Waals surface area (Å²) < 4.78 is 12.1. The predicted molar refractivity (Wildman–Crippen MR) is 78.6 cm³/mol. The van der Waals surface area contributed by atoms with Crippen LogP contribution in [0.15, 0.2) is 48.5 Å². The second kappa shape index (κ2) is 4.44. The van der Waals surface area contributed by atoms with Gasteiger partial charge in [0.15, 0.2) is 5.79 Å². The van der Waals surface area contributed by atoms with Gasteiger partial charge in [-0.1, -0.05) is 55.5 Å². The SMILES string of the molecule is CCC1(C2c3ccccc3-c3ccccc32)OCCO1. The normalized spacial score (nSPS) is 19.9. The summed E-state index contributed by atoms with van der Waals surface area (Å²) in [7, 11) is 0. The summed E-state index contributed by atoms with van der Waals surface area (Å²) in [5.74, 6) is -0.315. The van der Waals surface area contributed by atoms with Crippen LogP contribution in [0, 0.1) is 0 Å². The van der Waals surface area contributed by atoms with Gasteiger partial charge in [-0.3, -0.25) is 0 Å². The van der Waals surface area contributed by atoms with Crippen LogP contribution in [0.1, 0.15) is 30.4 Å². The molecule has 2 aliphatic rings. The first-order valence-electron chi connectivity index (χ1n) is 7.32. The maximum atomic E-state index is 6.07. The lowest BCUT2D eigenvalue weighted by Gasteiger charge is -2.33. The first kappa shape index (κ1) is 12.1. The van der Waals surface area contributed by atoms with Gasteiger partial charge in [-0.05, 0) is 28.7 Å². The molecule has 1 heterocycles. The van der Waals surface area contributed by atoms with Crippen molar-refractivity contribution in [3.05, 3.63) is 59.7 Å². The van der Waals surface area contributed by atoms with E-state index in [1.54, 1.807) is 0 Å². The fourth-order valence-corrected chi connectivity index (χ4v) is 3.67. The van der Waals surface area contributed by atoms with Gasteiger partial charge in [-0.25, -0.2) is 0 Å². The summed E-state index contributed by atoms with van der Waals surface area (Å²) in [6.45, 7) is 3.53. The van der Waals surface area contributed by atoms with E-state index < -0.39 is 5.79 Å². The van der Waals surface area contributed by atoms with E-state index >= 15 is 0 Å². The Bertz CT molecular complexity index is 596. The van der Waals surface area contributed by atoms with Gasteiger partial charge in [0.25, 0.3) is 0 Å². The molecular formula is C18H18O2. The Kier molecular flexibility index (Phi) is 2.69. The molecule has 2 aromatic carbocycles. The molecule has 2 nitrogen and oxygen atoms in total. The first-order chi connectivity index (χ1) is 9.86. The molecule has 0 aromatic heterocycles. The van der Waals surface area contributed by atoms with Crippen molar-refractivity contribution >= 4 is 0 Å². The van der Waals surface area contributed by atoms with Crippen molar-refractivity contribution in [1.29, 1.82) is 0 Å². The van der Waals surface area contributed by atoms with E-state index in [9.17, 15) is 0 Å². The fraction of sp³-hybridized carbons (Fsp3) is 0.333. The molecule has 1 fully saturated rings. The Labute approximate surface area is 119 Å². The van der Waals surface area contributed by atoms with Gasteiger partial charge >= 0.3 is 0 Å². The number of ether oxygens (including phenoxy) is 2. The van der Waals surface area contributed by atoms with Crippen molar-refractivity contribution in [2.75, 3.05) is 13.2 Å². The summed E-state index contributed by atoms with van der Waals surface area (Å²) in [4.78, 5) is 0. The van der Waals surface area contributed by atoms with Crippen LogP contribution >= 0.6 is 0 Å². The maximum absolute atomic E-state index is 6.07. The smallest absolute Gasteiger partial charge is 0.179 e. The van der Waals surface area contributed by atoms with Crippen LogP contribution < -0.4 is 0 Å². The highest BCUT2D eigenvalue weighted by Crippen LogP contribution is 2.52. The number of hydrogen-bond donors (Lipinski definition) is 0. The predicted octanol–water partition coefficient (Wildman–Crippen LogP) is 3.95. The molecule has 0 bridgehead atoms. The van der Waals surface area contributed by atoms with E-state index in [1.165, 1.54) is 22.3 Å². The summed E-state index contributed by atoms with van der Waals surface area (Å²) in [6.07, 6.45) is 0.861. The number of benzene rings is 2. The molecule has 2 heteroatoms. The van der Waals surface area contributed by atoms with E-state index in [1.807, 2.05) is 0 Å². The zero-order chi connectivity index (χ0) is 13.6. The molecule has 1 aliphatic heterocycles. The Hall–Kier alpha value is -1.64. The second-order valence-electron chi connectivity index (χ2n) is 5.47. The molecular weight excluding hydrogens is 248 g/mol. The lowest BCUT2D eigenvalue weighted by atomic mass is 9.86. The van der Waals surface area contributed by atoms with E-state index in [-0.39, 0.29) is 5.92 Å². The fourth-order valence-electron chi connectivity index (χ4n) is 3.67. The van der Waals surface area contributed by atoms with Crippen molar-refractivity contribution in [3.8, 4) is 11.1 Å². The Morgan fingerprint density at radius 2 is 1.40 bits per heavy atom. The average molecular weight is 266 g/mol. The van der Waals surface area contributed by atoms with E-state index in [4.69, 9.17) is 9.47 Å². The molecule has 20 heavy (non-hydrogen) atoms. The highest BCUT2D eigenvalue weighted by atomic mass is 16.7. The van der Waals surface area contributed by atoms with Crippen LogP contribution in [-0.4, -0.2) is 19.0 Å². The largest absolute Gasteiger partial charge is 0.347 e. The topological polar surface area (TPSA) is 18.5 Å². The molecule has 0 N–H and O–H groups in total. The molecule has 2 aromatic rings. The zero-order valence-electron chi connectivity index (χ0n) is 11.6. The van der Waals surface area contributed by atoms with Gasteiger partial charge in [-0.15, -0.1) is 0 Å². The quantitative estimate of drug-likeness (QED) is 0.819. The zero-order valence-corrected chi connectivity index (χ0v) is 11.6. The first-order valence-corrected chi connectivity index (χ1v) is 7.32. The third-order valence-corrected chi connectivity index (χ3v) is 4.54. The minimum atomic E-state index is -0.497. The summed E-state index contributed by atoms with van der Waals surface area (Å²) in [5.41, 5.74) is 5.30. The van der Waals surface area contributed by atoms with E-state index in [0.717, 1.165) is 6.42 Å².